The van der Waals surface area contributed by atoms with Gasteiger partial charge in [0.15, 0.2) is 0 Å². The highest BCUT2D eigenvalue weighted by atomic mass is 32.2. The Morgan fingerprint density at radius 2 is 1.60 bits per heavy atom. The van der Waals surface area contributed by atoms with Gasteiger partial charge >= 0.3 is 0 Å². The molecule has 0 aliphatic heterocycles. The molecule has 1 N–H and O–H groups in total. The van der Waals surface area contributed by atoms with Crippen molar-refractivity contribution in [2.24, 2.45) is 0 Å². The zero-order valence-electron chi connectivity index (χ0n) is 15.2. The van der Waals surface area contributed by atoms with Crippen LogP contribution in [0.3, 0.4) is 0 Å². The van der Waals surface area contributed by atoms with Crippen molar-refractivity contribution in [1.82, 2.24) is 4.72 Å². The van der Waals surface area contributed by atoms with Gasteiger partial charge in [-0.15, -0.1) is 5.73 Å². The van der Waals surface area contributed by atoms with Crippen molar-refractivity contribution in [3.05, 3.63) is 83.2 Å². The molecule has 0 bridgehead atoms. The van der Waals surface area contributed by atoms with Crippen LogP contribution >= 0.6 is 0 Å². The van der Waals surface area contributed by atoms with Crippen LogP contribution < -0.4 is 4.72 Å². The van der Waals surface area contributed by atoms with Gasteiger partial charge in [-0.2, -0.15) is 4.72 Å². The van der Waals surface area contributed by atoms with E-state index in [0.717, 1.165) is 16.3 Å². The Labute approximate surface area is 152 Å². The largest absolute Gasteiger partial charge is 0.241 e. The van der Waals surface area contributed by atoms with E-state index >= 15 is 0 Å². The molecular formula is C20H25NO2SSi. The van der Waals surface area contributed by atoms with Crippen LogP contribution in [-0.2, 0) is 10.0 Å². The summed E-state index contributed by atoms with van der Waals surface area (Å²) in [4.78, 5) is 0.262. The maximum absolute atomic E-state index is 12.9. The quantitative estimate of drug-likeness (QED) is 0.596. The van der Waals surface area contributed by atoms with Gasteiger partial charge in [0.05, 0.1) is 19.0 Å². The minimum atomic E-state index is -3.66. The fourth-order valence-corrected chi connectivity index (χ4v) is 5.61. The number of hydrogen-bond donors (Lipinski definition) is 1. The number of nitrogens with one attached hydrogen (secondary N) is 1. The summed E-state index contributed by atoms with van der Waals surface area (Å²) in [7, 11) is -5.48. The van der Waals surface area contributed by atoms with Crippen LogP contribution in [0.1, 0.15) is 17.2 Å². The Kier molecular flexibility index (Phi) is 5.86. The van der Waals surface area contributed by atoms with Crippen LogP contribution in [0.25, 0.3) is 0 Å². The first-order valence-electron chi connectivity index (χ1n) is 8.19. The second kappa shape index (κ2) is 7.54. The summed E-state index contributed by atoms with van der Waals surface area (Å²) in [5.41, 5.74) is 4.94. The van der Waals surface area contributed by atoms with E-state index in [0.29, 0.717) is 0 Å². The van der Waals surface area contributed by atoms with Crippen molar-refractivity contribution >= 4 is 18.1 Å². The molecule has 0 fully saturated rings. The Hall–Kier alpha value is -1.91. The topological polar surface area (TPSA) is 46.2 Å². The monoisotopic (exact) mass is 371 g/mol. The van der Waals surface area contributed by atoms with Gasteiger partial charge in [0, 0.05) is 0 Å². The van der Waals surface area contributed by atoms with E-state index in [4.69, 9.17) is 0 Å². The first-order chi connectivity index (χ1) is 11.6. The van der Waals surface area contributed by atoms with E-state index in [1.54, 1.807) is 24.3 Å². The van der Waals surface area contributed by atoms with Crippen LogP contribution in [-0.4, -0.2) is 16.5 Å². The summed E-state index contributed by atoms with van der Waals surface area (Å²) in [6.45, 7) is 12.2. The maximum atomic E-state index is 12.9. The first kappa shape index (κ1) is 19.4. The summed E-state index contributed by atoms with van der Waals surface area (Å²) in [6, 6.07) is 16.0. The highest BCUT2D eigenvalue weighted by Gasteiger charge is 2.31. The summed E-state index contributed by atoms with van der Waals surface area (Å²) in [5.74, 6) is 0. The first-order valence-corrected chi connectivity index (χ1v) is 13.2. The fourth-order valence-electron chi connectivity index (χ4n) is 2.68. The predicted octanol–water partition coefficient (Wildman–Crippen LogP) is 4.60. The zero-order valence-corrected chi connectivity index (χ0v) is 17.0. The van der Waals surface area contributed by atoms with E-state index in [9.17, 15) is 8.42 Å². The third kappa shape index (κ3) is 4.80. The molecule has 0 aliphatic carbocycles. The predicted molar refractivity (Wildman–Crippen MR) is 107 cm³/mol. The second-order valence-electron chi connectivity index (χ2n) is 7.12. The van der Waals surface area contributed by atoms with E-state index in [-0.39, 0.29) is 4.90 Å². The zero-order chi connectivity index (χ0) is 18.7. The van der Waals surface area contributed by atoms with E-state index < -0.39 is 24.1 Å². The SMILES string of the molecule is C=C=C([C@H](NS(=O)(=O)c1ccc(C)cc1)c1ccccc1)[Si](C)(C)C. The molecule has 0 unspecified atom stereocenters. The third-order valence-corrected chi connectivity index (χ3v) is 7.54. The van der Waals surface area contributed by atoms with E-state index in [2.05, 4.69) is 36.7 Å². The summed E-state index contributed by atoms with van der Waals surface area (Å²) < 4.78 is 28.7. The summed E-state index contributed by atoms with van der Waals surface area (Å²) >= 11 is 0. The molecule has 132 valence electrons. The van der Waals surface area contributed by atoms with E-state index in [1.165, 1.54) is 0 Å². The van der Waals surface area contributed by atoms with Crippen LogP contribution in [0.2, 0.25) is 19.6 Å². The highest BCUT2D eigenvalue weighted by Crippen LogP contribution is 2.30. The van der Waals surface area contributed by atoms with Crippen LogP contribution in [0.5, 0.6) is 0 Å². The Morgan fingerprint density at radius 1 is 1.04 bits per heavy atom. The lowest BCUT2D eigenvalue weighted by Crippen LogP contribution is -2.37. The van der Waals surface area contributed by atoms with Gasteiger partial charge in [-0.05, 0) is 29.8 Å². The van der Waals surface area contributed by atoms with Crippen LogP contribution in [0, 0.1) is 6.92 Å². The lowest BCUT2D eigenvalue weighted by Gasteiger charge is -2.28. The average molecular weight is 372 g/mol. The van der Waals surface area contributed by atoms with Gasteiger partial charge in [-0.3, -0.25) is 0 Å². The molecule has 0 aromatic heterocycles. The van der Waals surface area contributed by atoms with Gasteiger partial charge in [0.2, 0.25) is 10.0 Å². The smallest absolute Gasteiger partial charge is 0.207 e. The van der Waals surface area contributed by atoms with E-state index in [1.807, 2.05) is 37.3 Å². The molecule has 0 aliphatic rings. The van der Waals surface area contributed by atoms with Crippen molar-refractivity contribution in [2.45, 2.75) is 37.5 Å². The Morgan fingerprint density at radius 3 is 2.08 bits per heavy atom. The summed E-state index contributed by atoms with van der Waals surface area (Å²) in [5, 5.41) is 0.939. The van der Waals surface area contributed by atoms with Crippen molar-refractivity contribution in [1.29, 1.82) is 0 Å². The number of hydrogen-bond acceptors (Lipinski definition) is 2. The maximum Gasteiger partial charge on any atom is 0.241 e. The molecule has 2 aromatic rings. The molecule has 0 saturated heterocycles. The van der Waals surface area contributed by atoms with Gasteiger partial charge in [-0.25, -0.2) is 8.42 Å². The molecule has 0 radical (unpaired) electrons. The highest BCUT2D eigenvalue weighted by molar-refractivity contribution is 7.89. The molecule has 3 nitrogen and oxygen atoms in total. The van der Waals surface area contributed by atoms with Crippen LogP contribution in [0.15, 0.2) is 77.0 Å². The molecule has 0 heterocycles. The minimum Gasteiger partial charge on any atom is -0.207 e. The van der Waals surface area contributed by atoms with Gasteiger partial charge in [-0.1, -0.05) is 74.2 Å². The number of sulfonamides is 1. The van der Waals surface area contributed by atoms with Crippen molar-refractivity contribution < 1.29 is 8.42 Å². The molecule has 1 atom stereocenters. The molecule has 0 amide bonds. The van der Waals surface area contributed by atoms with Crippen LogP contribution in [0.4, 0.5) is 0 Å². The van der Waals surface area contributed by atoms with Crippen molar-refractivity contribution in [3.63, 3.8) is 0 Å². The Balaban J connectivity index is 2.50. The van der Waals surface area contributed by atoms with Crippen molar-refractivity contribution in [2.75, 3.05) is 0 Å². The lowest BCUT2D eigenvalue weighted by atomic mass is 10.1. The molecule has 0 saturated carbocycles. The molecule has 2 aromatic carbocycles. The molecule has 0 spiro atoms. The molecular weight excluding hydrogens is 346 g/mol. The third-order valence-electron chi connectivity index (χ3n) is 4.02. The second-order valence-corrected chi connectivity index (χ2v) is 13.9. The standard InChI is InChI=1S/C20H25NO2SSi/c1-6-19(25(3,4)5)20(17-10-8-7-9-11-17)21-24(22,23)18-14-12-16(2)13-15-18/h7-15,20-21H,1H2,2-5H3/t20-/m1/s1. The molecule has 5 heteroatoms. The molecule has 25 heavy (non-hydrogen) atoms. The number of aryl methyl sites for hydroxylation is 1. The normalized spacial score (nSPS) is 13.1. The lowest BCUT2D eigenvalue weighted by molar-refractivity contribution is 0.573. The molecule has 2 rings (SSSR count). The van der Waals surface area contributed by atoms with Crippen molar-refractivity contribution in [3.8, 4) is 0 Å². The van der Waals surface area contributed by atoms with Gasteiger partial charge in [0.25, 0.3) is 0 Å². The number of benzene rings is 2. The average Bonchev–Trinajstić information content (AvgIpc) is 2.54. The fraction of sp³-hybridized carbons (Fsp3) is 0.250. The van der Waals surface area contributed by atoms with Gasteiger partial charge < -0.3 is 0 Å². The summed E-state index contributed by atoms with van der Waals surface area (Å²) in [6.07, 6.45) is 0. The minimum absolute atomic E-state index is 0.262. The van der Waals surface area contributed by atoms with Gasteiger partial charge in [0.1, 0.15) is 0 Å². The Bertz CT molecular complexity index is 876. The number of rotatable bonds is 6.